The van der Waals surface area contributed by atoms with Crippen molar-refractivity contribution in [3.8, 4) is 11.1 Å². The first kappa shape index (κ1) is 22.1. The van der Waals surface area contributed by atoms with Crippen molar-refractivity contribution in [2.75, 3.05) is 18.4 Å². The molecule has 0 atom stereocenters. The van der Waals surface area contributed by atoms with Gasteiger partial charge in [-0.15, -0.1) is 25.3 Å². The van der Waals surface area contributed by atoms with Crippen LogP contribution in [0.15, 0.2) is 61.8 Å². The van der Waals surface area contributed by atoms with E-state index in [2.05, 4.69) is 86.7 Å². The lowest BCUT2D eigenvalue weighted by atomic mass is 10.0. The quantitative estimate of drug-likeness (QED) is 0.237. The Balaban J connectivity index is 1.35. The van der Waals surface area contributed by atoms with Gasteiger partial charge in [-0.1, -0.05) is 18.7 Å². The van der Waals surface area contributed by atoms with Crippen LogP contribution in [0.2, 0.25) is 0 Å². The second-order valence-corrected chi connectivity index (χ2v) is 10.7. The van der Waals surface area contributed by atoms with E-state index in [0.29, 0.717) is 6.04 Å². The number of fused-ring (bicyclic) bond motifs is 1. The van der Waals surface area contributed by atoms with Crippen molar-refractivity contribution in [3.63, 3.8) is 0 Å². The number of pyridine rings is 1. The molecule has 4 aromatic rings. The third-order valence-electron chi connectivity index (χ3n) is 5.98. The molecule has 3 aromatic heterocycles. The zero-order valence-corrected chi connectivity index (χ0v) is 20.2. The number of anilines is 1. The molecule has 0 saturated carbocycles. The summed E-state index contributed by atoms with van der Waals surface area (Å²) in [5.74, 6) is 0.744. The highest BCUT2D eigenvalue weighted by Crippen LogP contribution is 2.30. The molecule has 0 amide bonds. The number of hydrogen-bond donors (Lipinski definition) is 4. The highest BCUT2D eigenvalue weighted by molar-refractivity contribution is 7.99. The first-order valence-corrected chi connectivity index (χ1v) is 11.9. The van der Waals surface area contributed by atoms with E-state index in [1.165, 1.54) is 0 Å². The molecular formula is C24H27N7S2. The minimum atomic E-state index is -0.655. The summed E-state index contributed by atoms with van der Waals surface area (Å²) in [5.41, 5.74) is 3.82. The van der Waals surface area contributed by atoms with E-state index in [4.69, 9.17) is 0 Å². The van der Waals surface area contributed by atoms with Gasteiger partial charge in [0, 0.05) is 40.8 Å². The second kappa shape index (κ2) is 8.89. The van der Waals surface area contributed by atoms with Crippen molar-refractivity contribution < 1.29 is 0 Å². The number of nitrogens with one attached hydrogen (secondary N) is 2. The van der Waals surface area contributed by atoms with Crippen molar-refractivity contribution >= 4 is 47.5 Å². The molecule has 33 heavy (non-hydrogen) atoms. The molecule has 0 aliphatic carbocycles. The fourth-order valence-corrected chi connectivity index (χ4v) is 4.30. The number of aromatic nitrogens is 5. The lowest BCUT2D eigenvalue weighted by molar-refractivity contribution is 0.343. The molecule has 9 heteroatoms. The van der Waals surface area contributed by atoms with Gasteiger partial charge < -0.3 is 10.6 Å². The van der Waals surface area contributed by atoms with E-state index in [0.717, 1.165) is 64.9 Å². The molecule has 0 radical (unpaired) electrons. The van der Waals surface area contributed by atoms with E-state index < -0.39 is 4.20 Å². The van der Waals surface area contributed by atoms with Crippen LogP contribution in [0.1, 0.15) is 31.4 Å². The fourth-order valence-electron chi connectivity index (χ4n) is 4.08. The zero-order valence-electron chi connectivity index (χ0n) is 18.4. The van der Waals surface area contributed by atoms with Crippen LogP contribution in [0.4, 0.5) is 5.82 Å². The first-order valence-electron chi connectivity index (χ1n) is 11.0. The van der Waals surface area contributed by atoms with Crippen LogP contribution in [0.25, 0.3) is 27.6 Å². The third-order valence-corrected chi connectivity index (χ3v) is 6.39. The standard InChI is InChI=1S/C24H27N7S2/c1-16(20-12-27-30(14-20)22-5-7-25-8-6-22)29-23-10-19-9-17(3-4-18(19)11-26-23)21-13-28-31(15-21)24(2,32)33/h3-4,9-15,22,25,32-33H,1,5-8H2,2H3,(H,26,29). The lowest BCUT2D eigenvalue weighted by Crippen LogP contribution is -2.29. The number of nitrogens with zero attached hydrogens (tertiary/aromatic N) is 5. The summed E-state index contributed by atoms with van der Waals surface area (Å²) in [5, 5.41) is 17.8. The molecule has 0 unspecified atom stereocenters. The average Bonchev–Trinajstić information content (AvgIpc) is 3.49. The summed E-state index contributed by atoms with van der Waals surface area (Å²) in [6, 6.07) is 8.75. The van der Waals surface area contributed by atoms with Gasteiger partial charge in [0.15, 0.2) is 0 Å². The molecule has 1 saturated heterocycles. The summed E-state index contributed by atoms with van der Waals surface area (Å²) in [7, 11) is 0. The molecule has 1 aliphatic rings. The maximum absolute atomic E-state index is 4.57. The van der Waals surface area contributed by atoms with Gasteiger partial charge >= 0.3 is 0 Å². The van der Waals surface area contributed by atoms with Crippen LogP contribution in [-0.4, -0.2) is 37.6 Å². The molecule has 4 heterocycles. The predicted octanol–water partition coefficient (Wildman–Crippen LogP) is 4.79. The normalized spacial score (nSPS) is 15.1. The van der Waals surface area contributed by atoms with E-state index in [1.54, 1.807) is 4.68 Å². The SMILES string of the molecule is C=C(Nc1cc2cc(-c3cnn(C(C)(S)S)c3)ccc2cn1)c1cnn(C2CCNCC2)c1. The Morgan fingerprint density at radius 1 is 1.06 bits per heavy atom. The summed E-state index contributed by atoms with van der Waals surface area (Å²) >= 11 is 8.93. The highest BCUT2D eigenvalue weighted by atomic mass is 32.2. The Morgan fingerprint density at radius 2 is 1.88 bits per heavy atom. The fraction of sp³-hybridized carbons (Fsp3) is 0.292. The van der Waals surface area contributed by atoms with E-state index in [9.17, 15) is 0 Å². The average molecular weight is 478 g/mol. The van der Waals surface area contributed by atoms with Crippen LogP contribution in [-0.2, 0) is 4.20 Å². The van der Waals surface area contributed by atoms with Crippen LogP contribution in [0.3, 0.4) is 0 Å². The van der Waals surface area contributed by atoms with Gasteiger partial charge in [-0.25, -0.2) is 9.67 Å². The van der Waals surface area contributed by atoms with E-state index >= 15 is 0 Å². The van der Waals surface area contributed by atoms with Crippen LogP contribution < -0.4 is 10.6 Å². The molecule has 0 spiro atoms. The lowest BCUT2D eigenvalue weighted by Gasteiger charge is -2.22. The number of piperidine rings is 1. The summed E-state index contributed by atoms with van der Waals surface area (Å²) in [4.78, 5) is 4.56. The Labute approximate surface area is 204 Å². The van der Waals surface area contributed by atoms with Crippen molar-refractivity contribution in [2.24, 2.45) is 0 Å². The maximum Gasteiger partial charge on any atom is 0.145 e. The highest BCUT2D eigenvalue weighted by Gasteiger charge is 2.18. The monoisotopic (exact) mass is 477 g/mol. The third kappa shape index (κ3) is 4.80. The maximum atomic E-state index is 4.57. The van der Waals surface area contributed by atoms with Crippen molar-refractivity contribution in [2.45, 2.75) is 30.0 Å². The molecule has 1 aliphatic heterocycles. The van der Waals surface area contributed by atoms with Crippen molar-refractivity contribution in [3.05, 3.63) is 67.4 Å². The molecule has 1 aromatic carbocycles. The topological polar surface area (TPSA) is 72.6 Å². The largest absolute Gasteiger partial charge is 0.340 e. The van der Waals surface area contributed by atoms with E-state index in [-0.39, 0.29) is 0 Å². The zero-order chi connectivity index (χ0) is 23.0. The van der Waals surface area contributed by atoms with Gasteiger partial charge in [0.2, 0.25) is 0 Å². The van der Waals surface area contributed by atoms with Crippen LogP contribution >= 0.6 is 25.3 Å². The molecule has 2 N–H and O–H groups in total. The van der Waals surface area contributed by atoms with Gasteiger partial charge in [0.1, 0.15) is 10.0 Å². The van der Waals surface area contributed by atoms with Gasteiger partial charge in [-0.2, -0.15) is 10.2 Å². The van der Waals surface area contributed by atoms with Gasteiger partial charge in [0.05, 0.1) is 18.4 Å². The van der Waals surface area contributed by atoms with Crippen LogP contribution in [0.5, 0.6) is 0 Å². The minimum Gasteiger partial charge on any atom is -0.340 e. The molecule has 170 valence electrons. The smallest absolute Gasteiger partial charge is 0.145 e. The van der Waals surface area contributed by atoms with Gasteiger partial charge in [0.25, 0.3) is 0 Å². The predicted molar refractivity (Wildman–Crippen MR) is 141 cm³/mol. The number of rotatable bonds is 6. The molecule has 1 fully saturated rings. The Kier molecular flexibility index (Phi) is 5.94. The molecule has 0 bridgehead atoms. The van der Waals surface area contributed by atoms with Gasteiger partial charge in [-0.05, 0) is 55.9 Å². The van der Waals surface area contributed by atoms with Crippen molar-refractivity contribution in [1.29, 1.82) is 0 Å². The minimum absolute atomic E-state index is 0.442. The van der Waals surface area contributed by atoms with Gasteiger partial charge in [-0.3, -0.25) is 4.68 Å². The summed E-state index contributed by atoms with van der Waals surface area (Å²) in [6.07, 6.45) is 11.8. The molecule has 5 rings (SSSR count). The Morgan fingerprint density at radius 3 is 2.64 bits per heavy atom. The number of thiol groups is 2. The Hall–Kier alpha value is -2.75. The second-order valence-electron chi connectivity index (χ2n) is 8.57. The van der Waals surface area contributed by atoms with E-state index in [1.807, 2.05) is 37.8 Å². The molecular weight excluding hydrogens is 450 g/mol. The molecule has 7 nitrogen and oxygen atoms in total. The number of benzene rings is 1. The summed E-state index contributed by atoms with van der Waals surface area (Å²) < 4.78 is 3.13. The Bertz CT molecular complexity index is 1300. The number of hydrogen-bond acceptors (Lipinski definition) is 7. The van der Waals surface area contributed by atoms with Crippen molar-refractivity contribution in [1.82, 2.24) is 29.9 Å². The van der Waals surface area contributed by atoms with Crippen LogP contribution in [0, 0.1) is 0 Å². The first-order chi connectivity index (χ1) is 15.9. The summed E-state index contributed by atoms with van der Waals surface area (Å²) in [6.45, 7) is 8.15.